The van der Waals surface area contributed by atoms with Crippen LogP contribution in [0.5, 0.6) is 17.2 Å². The second-order valence-electron chi connectivity index (χ2n) is 5.49. The van der Waals surface area contributed by atoms with Gasteiger partial charge in [0.25, 0.3) is 0 Å². The number of carbonyl (C=O) groups is 1. The normalized spacial score (nSPS) is 10.5. The van der Waals surface area contributed by atoms with Gasteiger partial charge in [-0.3, -0.25) is 0 Å². The van der Waals surface area contributed by atoms with Gasteiger partial charge >= 0.3 is 6.16 Å². The molecule has 0 aliphatic rings. The van der Waals surface area contributed by atoms with Gasteiger partial charge < -0.3 is 24.6 Å². The van der Waals surface area contributed by atoms with Crippen molar-refractivity contribution in [2.45, 2.75) is 6.92 Å². The van der Waals surface area contributed by atoms with E-state index in [1.54, 1.807) is 24.3 Å². The minimum atomic E-state index is -1.28. The number of benzene rings is 2. The number of rotatable bonds is 5. The number of nitrogens with one attached hydrogen (secondary N) is 1. The number of hydrogen-bond acceptors (Lipinski definition) is 8. The summed E-state index contributed by atoms with van der Waals surface area (Å²) in [6, 6.07) is 8.10. The van der Waals surface area contributed by atoms with Crippen LogP contribution in [-0.4, -0.2) is 35.2 Å². The summed E-state index contributed by atoms with van der Waals surface area (Å²) in [4.78, 5) is 19.8. The predicted molar refractivity (Wildman–Crippen MR) is 95.3 cm³/mol. The average Bonchev–Trinajstić information content (AvgIpc) is 2.63. The third kappa shape index (κ3) is 3.97. The smallest absolute Gasteiger partial charge is 0.504 e. The molecule has 0 radical (unpaired) electrons. The molecule has 0 aliphatic heterocycles. The van der Waals surface area contributed by atoms with Crippen molar-refractivity contribution in [2.75, 3.05) is 19.3 Å². The molecule has 8 nitrogen and oxygen atoms in total. The fourth-order valence-corrected chi connectivity index (χ4v) is 2.44. The first kappa shape index (κ1) is 18.2. The Morgan fingerprint density at radius 2 is 2.04 bits per heavy atom. The number of hydrogen-bond donors (Lipinski definition) is 2. The Labute approximate surface area is 153 Å². The number of aryl methyl sites for hydroxylation is 1. The minimum Gasteiger partial charge on any atom is -0.504 e. The number of carbonyl (C=O) groups excluding carboxylic acids is 1. The van der Waals surface area contributed by atoms with Crippen LogP contribution in [0.2, 0.25) is 0 Å². The molecule has 0 saturated carbocycles. The molecule has 0 saturated heterocycles. The van der Waals surface area contributed by atoms with Crippen molar-refractivity contribution >= 4 is 28.6 Å². The molecule has 0 spiro atoms. The minimum absolute atomic E-state index is 0.0528. The van der Waals surface area contributed by atoms with Crippen LogP contribution in [-0.2, 0) is 4.74 Å². The molecule has 1 heterocycles. The highest BCUT2D eigenvalue weighted by atomic mass is 19.1. The highest BCUT2D eigenvalue weighted by Crippen LogP contribution is 2.35. The van der Waals surface area contributed by atoms with Crippen molar-refractivity contribution in [2.24, 2.45) is 0 Å². The van der Waals surface area contributed by atoms with Gasteiger partial charge in [-0.05, 0) is 30.7 Å². The summed E-state index contributed by atoms with van der Waals surface area (Å²) >= 11 is 0. The van der Waals surface area contributed by atoms with Gasteiger partial charge in [-0.1, -0.05) is 6.07 Å². The van der Waals surface area contributed by atoms with Crippen LogP contribution < -0.4 is 14.8 Å². The summed E-state index contributed by atoms with van der Waals surface area (Å²) < 4.78 is 26.5. The standard InChI is InChI=1S/C18H16FN3O5/c1-10-3-4-12(15(5-10)27-18(24)26-8-19)22-17-11-6-16(25-2)14(23)7-13(11)20-9-21-17/h3-7,9,23H,8H2,1-2H3,(H,20,21,22). The van der Waals surface area contributed by atoms with Crippen LogP contribution in [0.1, 0.15) is 5.56 Å². The molecule has 0 atom stereocenters. The molecule has 2 aromatic carbocycles. The molecule has 2 N–H and O–H groups in total. The van der Waals surface area contributed by atoms with E-state index in [4.69, 9.17) is 9.47 Å². The lowest BCUT2D eigenvalue weighted by atomic mass is 10.2. The molecule has 1 aromatic heterocycles. The van der Waals surface area contributed by atoms with Gasteiger partial charge in [0.1, 0.15) is 12.1 Å². The quantitative estimate of drug-likeness (QED) is 0.514. The SMILES string of the molecule is COc1cc2c(Nc3ccc(C)cc3OC(=O)OCF)ncnc2cc1O. The second kappa shape index (κ2) is 7.73. The van der Waals surface area contributed by atoms with Crippen molar-refractivity contribution in [3.63, 3.8) is 0 Å². The number of halogens is 1. The van der Waals surface area contributed by atoms with Gasteiger partial charge in [0.05, 0.1) is 18.3 Å². The van der Waals surface area contributed by atoms with E-state index in [0.717, 1.165) is 5.56 Å². The molecule has 9 heteroatoms. The largest absolute Gasteiger partial charge is 0.516 e. The van der Waals surface area contributed by atoms with Crippen LogP contribution in [0.4, 0.5) is 20.7 Å². The van der Waals surface area contributed by atoms with Crippen molar-refractivity contribution in [3.05, 3.63) is 42.2 Å². The van der Waals surface area contributed by atoms with Crippen molar-refractivity contribution in [3.8, 4) is 17.2 Å². The van der Waals surface area contributed by atoms with E-state index in [9.17, 15) is 14.3 Å². The molecule has 0 fully saturated rings. The summed E-state index contributed by atoms with van der Waals surface area (Å²) in [6.45, 7) is 0.526. The Morgan fingerprint density at radius 1 is 1.22 bits per heavy atom. The number of aromatic nitrogens is 2. The van der Waals surface area contributed by atoms with Crippen LogP contribution >= 0.6 is 0 Å². The number of phenols is 1. The Balaban J connectivity index is 2.01. The molecule has 0 amide bonds. The molecule has 0 aliphatic carbocycles. The van der Waals surface area contributed by atoms with E-state index in [1.165, 1.54) is 19.5 Å². The van der Waals surface area contributed by atoms with Crippen molar-refractivity contribution in [1.29, 1.82) is 0 Å². The lowest BCUT2D eigenvalue weighted by Gasteiger charge is -2.14. The second-order valence-corrected chi connectivity index (χ2v) is 5.49. The third-order valence-corrected chi connectivity index (χ3v) is 3.69. The topological polar surface area (TPSA) is 103 Å². The lowest BCUT2D eigenvalue weighted by Crippen LogP contribution is -2.11. The summed E-state index contributed by atoms with van der Waals surface area (Å²) in [6.07, 6.45) is 0.160. The molecule has 140 valence electrons. The molecule has 0 unspecified atom stereocenters. The van der Waals surface area contributed by atoms with Crippen molar-refractivity contribution in [1.82, 2.24) is 9.97 Å². The number of nitrogens with zero attached hydrogens (tertiary/aromatic N) is 2. The zero-order valence-electron chi connectivity index (χ0n) is 14.5. The number of methoxy groups -OCH3 is 1. The zero-order chi connectivity index (χ0) is 19.4. The molecule has 3 aromatic rings. The summed E-state index contributed by atoms with van der Waals surface area (Å²) in [7, 11) is 1.43. The van der Waals surface area contributed by atoms with Gasteiger partial charge in [-0.15, -0.1) is 0 Å². The van der Waals surface area contributed by atoms with Crippen LogP contribution in [0, 0.1) is 6.92 Å². The van der Waals surface area contributed by atoms with E-state index in [-0.39, 0.29) is 17.2 Å². The Bertz CT molecular complexity index is 996. The number of aromatic hydroxyl groups is 1. The summed E-state index contributed by atoms with van der Waals surface area (Å²) in [5.74, 6) is 0.743. The summed E-state index contributed by atoms with van der Waals surface area (Å²) in [5.41, 5.74) is 1.71. The monoisotopic (exact) mass is 373 g/mol. The Hall–Kier alpha value is -3.62. The Morgan fingerprint density at radius 3 is 2.78 bits per heavy atom. The van der Waals surface area contributed by atoms with E-state index in [1.807, 2.05) is 6.92 Å². The summed E-state index contributed by atoms with van der Waals surface area (Å²) in [5, 5.41) is 13.5. The molecule has 27 heavy (non-hydrogen) atoms. The van der Waals surface area contributed by atoms with Gasteiger partial charge in [0, 0.05) is 11.5 Å². The molecular formula is C18H16FN3O5. The Kier molecular flexibility index (Phi) is 5.20. The number of ether oxygens (including phenoxy) is 3. The number of phenolic OH excluding ortho intramolecular Hbond substituents is 1. The number of fused-ring (bicyclic) bond motifs is 1. The maximum Gasteiger partial charge on any atom is 0.516 e. The third-order valence-electron chi connectivity index (χ3n) is 3.69. The fraction of sp³-hybridized carbons (Fsp3) is 0.167. The van der Waals surface area contributed by atoms with Crippen molar-refractivity contribution < 1.29 is 28.5 Å². The fourth-order valence-electron chi connectivity index (χ4n) is 2.44. The zero-order valence-corrected chi connectivity index (χ0v) is 14.5. The van der Waals surface area contributed by atoms with Gasteiger partial charge in [-0.25, -0.2) is 19.2 Å². The van der Waals surface area contributed by atoms with E-state index in [2.05, 4.69) is 20.0 Å². The lowest BCUT2D eigenvalue weighted by molar-refractivity contribution is 0.0612. The first-order valence-electron chi connectivity index (χ1n) is 7.81. The average molecular weight is 373 g/mol. The van der Waals surface area contributed by atoms with Gasteiger partial charge in [0.2, 0.25) is 6.86 Å². The number of alkyl halides is 1. The molecule has 3 rings (SSSR count). The van der Waals surface area contributed by atoms with E-state index < -0.39 is 13.0 Å². The van der Waals surface area contributed by atoms with Gasteiger partial charge in [-0.2, -0.15) is 0 Å². The van der Waals surface area contributed by atoms with E-state index in [0.29, 0.717) is 22.4 Å². The predicted octanol–water partition coefficient (Wildman–Crippen LogP) is 3.84. The first-order valence-corrected chi connectivity index (χ1v) is 7.81. The maximum absolute atomic E-state index is 12.2. The highest BCUT2D eigenvalue weighted by Gasteiger charge is 2.14. The number of anilines is 2. The maximum atomic E-state index is 12.2. The molecule has 0 bridgehead atoms. The first-order chi connectivity index (χ1) is 13.0. The molecular weight excluding hydrogens is 357 g/mol. The van der Waals surface area contributed by atoms with Gasteiger partial charge in [0.15, 0.2) is 17.2 Å². The highest BCUT2D eigenvalue weighted by molar-refractivity contribution is 5.93. The van der Waals surface area contributed by atoms with Crippen LogP contribution in [0.3, 0.4) is 0 Å². The van der Waals surface area contributed by atoms with E-state index >= 15 is 0 Å². The van der Waals surface area contributed by atoms with Crippen LogP contribution in [0.25, 0.3) is 10.9 Å². The van der Waals surface area contributed by atoms with Crippen LogP contribution in [0.15, 0.2) is 36.7 Å².